The van der Waals surface area contributed by atoms with E-state index in [-0.39, 0.29) is 5.82 Å². The Hall–Kier alpha value is -1.49. The molecule has 0 spiro atoms. The summed E-state index contributed by atoms with van der Waals surface area (Å²) in [5.74, 6) is 5.29. The van der Waals surface area contributed by atoms with Crippen LogP contribution in [0.25, 0.3) is 0 Å². The van der Waals surface area contributed by atoms with Crippen LogP contribution < -0.4 is 5.84 Å². The van der Waals surface area contributed by atoms with Gasteiger partial charge in [-0.25, -0.2) is 14.1 Å². The van der Waals surface area contributed by atoms with E-state index in [2.05, 4.69) is 4.98 Å². The molecule has 2 aromatic rings. The molecule has 0 unspecified atom stereocenters. The molecule has 0 aliphatic heterocycles. The SMILES string of the molecule is Nn1ccnc1Sc1ccccc1F. The predicted octanol–water partition coefficient (Wildman–Crippen LogP) is 1.89. The molecule has 0 fully saturated rings. The Labute approximate surface area is 84.7 Å². The van der Waals surface area contributed by atoms with Crippen molar-refractivity contribution in [2.45, 2.75) is 10.1 Å². The quantitative estimate of drug-likeness (QED) is 0.768. The van der Waals surface area contributed by atoms with Crippen LogP contribution in [0.4, 0.5) is 4.39 Å². The molecule has 0 amide bonds. The van der Waals surface area contributed by atoms with Gasteiger partial charge < -0.3 is 5.84 Å². The van der Waals surface area contributed by atoms with Crippen molar-refractivity contribution in [1.82, 2.24) is 9.66 Å². The Balaban J connectivity index is 2.28. The lowest BCUT2D eigenvalue weighted by molar-refractivity contribution is 0.601. The van der Waals surface area contributed by atoms with Crippen LogP contribution in [-0.2, 0) is 0 Å². The summed E-state index contributed by atoms with van der Waals surface area (Å²) in [7, 11) is 0. The van der Waals surface area contributed by atoms with Crippen molar-refractivity contribution in [3.63, 3.8) is 0 Å². The minimum Gasteiger partial charge on any atom is -0.337 e. The molecule has 3 nitrogen and oxygen atoms in total. The molecule has 1 aromatic heterocycles. The third-order valence-corrected chi connectivity index (χ3v) is 2.72. The van der Waals surface area contributed by atoms with Crippen molar-refractivity contribution in [3.8, 4) is 0 Å². The Morgan fingerprint density at radius 2 is 2.14 bits per heavy atom. The second-order valence-corrected chi connectivity index (χ2v) is 3.66. The Bertz CT molecular complexity index is 441. The van der Waals surface area contributed by atoms with Crippen LogP contribution in [0.15, 0.2) is 46.7 Å². The highest BCUT2D eigenvalue weighted by Gasteiger charge is 2.06. The number of imidazole rings is 1. The third kappa shape index (κ3) is 1.72. The maximum absolute atomic E-state index is 13.2. The fourth-order valence-corrected chi connectivity index (χ4v) is 1.79. The summed E-state index contributed by atoms with van der Waals surface area (Å²) in [4.78, 5) is 4.51. The average molecular weight is 209 g/mol. The number of hydrogen-bond donors (Lipinski definition) is 1. The molecule has 1 heterocycles. The molecule has 0 saturated carbocycles. The smallest absolute Gasteiger partial charge is 0.191 e. The van der Waals surface area contributed by atoms with Crippen molar-refractivity contribution >= 4 is 11.8 Å². The molecule has 2 N–H and O–H groups in total. The van der Waals surface area contributed by atoms with Crippen molar-refractivity contribution in [2.24, 2.45) is 0 Å². The number of hydrogen-bond acceptors (Lipinski definition) is 3. The fourth-order valence-electron chi connectivity index (χ4n) is 1.00. The summed E-state index contributed by atoms with van der Waals surface area (Å²) >= 11 is 1.20. The first-order valence-corrected chi connectivity index (χ1v) is 4.80. The predicted molar refractivity (Wildman–Crippen MR) is 52.9 cm³/mol. The minimum absolute atomic E-state index is 0.263. The molecule has 14 heavy (non-hydrogen) atoms. The van der Waals surface area contributed by atoms with E-state index in [1.165, 1.54) is 22.5 Å². The van der Waals surface area contributed by atoms with Gasteiger partial charge in [-0.2, -0.15) is 0 Å². The van der Waals surface area contributed by atoms with Gasteiger partial charge in [0.05, 0.1) is 4.90 Å². The van der Waals surface area contributed by atoms with Crippen LogP contribution in [0, 0.1) is 5.82 Å². The summed E-state index contributed by atoms with van der Waals surface area (Å²) in [6.07, 6.45) is 3.19. The molecule has 1 aromatic carbocycles. The lowest BCUT2D eigenvalue weighted by Crippen LogP contribution is -2.07. The molecular weight excluding hydrogens is 201 g/mol. The van der Waals surface area contributed by atoms with E-state index in [0.29, 0.717) is 10.1 Å². The number of aromatic nitrogens is 2. The number of nitrogens with zero attached hydrogens (tertiary/aromatic N) is 2. The van der Waals surface area contributed by atoms with Gasteiger partial charge in [0.2, 0.25) is 0 Å². The number of nitrogens with two attached hydrogens (primary N) is 1. The molecule has 0 atom stereocenters. The lowest BCUT2D eigenvalue weighted by Gasteiger charge is -2.01. The molecule has 0 aliphatic rings. The summed E-state index contributed by atoms with van der Waals surface area (Å²) < 4.78 is 14.6. The van der Waals surface area contributed by atoms with Gasteiger partial charge >= 0.3 is 0 Å². The van der Waals surface area contributed by atoms with Crippen LogP contribution in [0.1, 0.15) is 0 Å². The average Bonchev–Trinajstić information content (AvgIpc) is 2.56. The van der Waals surface area contributed by atoms with E-state index in [1.54, 1.807) is 30.6 Å². The summed E-state index contributed by atoms with van der Waals surface area (Å²) in [5.41, 5.74) is 0. The summed E-state index contributed by atoms with van der Waals surface area (Å²) in [5, 5.41) is 0.565. The first-order chi connectivity index (χ1) is 6.77. The molecule has 2 rings (SSSR count). The van der Waals surface area contributed by atoms with Gasteiger partial charge in [-0.15, -0.1) is 0 Å². The number of nitrogen functional groups attached to an aromatic ring is 1. The van der Waals surface area contributed by atoms with Gasteiger partial charge in [-0.3, -0.25) is 0 Å². The molecule has 0 aliphatic carbocycles. The third-order valence-electron chi connectivity index (χ3n) is 1.67. The topological polar surface area (TPSA) is 43.8 Å². The van der Waals surface area contributed by atoms with Gasteiger partial charge in [-0.05, 0) is 23.9 Å². The van der Waals surface area contributed by atoms with Crippen LogP contribution in [-0.4, -0.2) is 9.66 Å². The molecule has 0 saturated heterocycles. The maximum atomic E-state index is 13.2. The highest BCUT2D eigenvalue weighted by Crippen LogP contribution is 2.27. The molecule has 0 bridgehead atoms. The van der Waals surface area contributed by atoms with Crippen LogP contribution in [0.3, 0.4) is 0 Å². The first kappa shape index (κ1) is 9.08. The number of halogens is 1. The van der Waals surface area contributed by atoms with E-state index in [1.807, 2.05) is 0 Å². The zero-order valence-electron chi connectivity index (χ0n) is 7.22. The maximum Gasteiger partial charge on any atom is 0.191 e. The van der Waals surface area contributed by atoms with Crippen molar-refractivity contribution in [2.75, 3.05) is 5.84 Å². The van der Waals surface area contributed by atoms with Crippen molar-refractivity contribution < 1.29 is 4.39 Å². The molecule has 5 heteroatoms. The normalized spacial score (nSPS) is 10.4. The van der Waals surface area contributed by atoms with Gasteiger partial charge in [-0.1, -0.05) is 12.1 Å². The monoisotopic (exact) mass is 209 g/mol. The molecular formula is C9H8FN3S. The van der Waals surface area contributed by atoms with E-state index >= 15 is 0 Å². The highest BCUT2D eigenvalue weighted by atomic mass is 32.2. The highest BCUT2D eigenvalue weighted by molar-refractivity contribution is 7.99. The second-order valence-electron chi connectivity index (χ2n) is 2.65. The largest absolute Gasteiger partial charge is 0.337 e. The zero-order chi connectivity index (χ0) is 9.97. The fraction of sp³-hybridized carbons (Fsp3) is 0. The van der Waals surface area contributed by atoms with E-state index in [9.17, 15) is 4.39 Å². The first-order valence-electron chi connectivity index (χ1n) is 3.98. The Morgan fingerprint density at radius 3 is 2.79 bits per heavy atom. The van der Waals surface area contributed by atoms with Gasteiger partial charge in [0, 0.05) is 12.4 Å². The Kier molecular flexibility index (Phi) is 2.41. The van der Waals surface area contributed by atoms with Crippen LogP contribution in [0.2, 0.25) is 0 Å². The second kappa shape index (κ2) is 3.71. The Morgan fingerprint density at radius 1 is 1.36 bits per heavy atom. The molecule has 72 valence electrons. The van der Waals surface area contributed by atoms with Gasteiger partial charge in [0.1, 0.15) is 5.82 Å². The van der Waals surface area contributed by atoms with E-state index < -0.39 is 0 Å². The van der Waals surface area contributed by atoms with Crippen LogP contribution in [0.5, 0.6) is 0 Å². The number of rotatable bonds is 2. The lowest BCUT2D eigenvalue weighted by atomic mass is 10.4. The summed E-state index contributed by atoms with van der Waals surface area (Å²) in [6.45, 7) is 0. The standard InChI is InChI=1S/C9H8FN3S/c10-7-3-1-2-4-8(7)14-9-12-5-6-13(9)11/h1-6H,11H2. The molecule has 0 radical (unpaired) electrons. The zero-order valence-corrected chi connectivity index (χ0v) is 8.04. The van der Waals surface area contributed by atoms with Crippen LogP contribution >= 0.6 is 11.8 Å². The minimum atomic E-state index is -0.263. The van der Waals surface area contributed by atoms with E-state index in [4.69, 9.17) is 5.84 Å². The van der Waals surface area contributed by atoms with Gasteiger partial charge in [0.25, 0.3) is 0 Å². The van der Waals surface area contributed by atoms with Crippen molar-refractivity contribution in [1.29, 1.82) is 0 Å². The van der Waals surface area contributed by atoms with Crippen molar-refractivity contribution in [3.05, 3.63) is 42.5 Å². The summed E-state index contributed by atoms with van der Waals surface area (Å²) in [6, 6.07) is 6.52. The number of benzene rings is 1. The van der Waals surface area contributed by atoms with Gasteiger partial charge in [0.15, 0.2) is 5.16 Å². The van der Waals surface area contributed by atoms with E-state index in [0.717, 1.165) is 0 Å².